The number of benzene rings is 2. The highest BCUT2D eigenvalue weighted by Gasteiger charge is 2.43. The van der Waals surface area contributed by atoms with Crippen molar-refractivity contribution in [1.29, 1.82) is 0 Å². The van der Waals surface area contributed by atoms with Crippen molar-refractivity contribution in [1.82, 2.24) is 4.98 Å². The zero-order valence-electron chi connectivity index (χ0n) is 19.3. The molecule has 1 unspecified atom stereocenters. The molecule has 4 nitrogen and oxygen atoms in total. The van der Waals surface area contributed by atoms with E-state index in [0.717, 1.165) is 79.3 Å². The first kappa shape index (κ1) is 22.6. The minimum Gasteiger partial charge on any atom is -0.508 e. The molecule has 1 aliphatic carbocycles. The van der Waals surface area contributed by atoms with Crippen LogP contribution in [0.2, 0.25) is 0 Å². The van der Waals surface area contributed by atoms with Gasteiger partial charge >= 0.3 is 0 Å². The number of phenols is 1. The van der Waals surface area contributed by atoms with Gasteiger partial charge in [0, 0.05) is 21.9 Å². The van der Waals surface area contributed by atoms with Crippen LogP contribution in [0, 0.1) is 5.41 Å². The summed E-state index contributed by atoms with van der Waals surface area (Å²) < 4.78 is 6.19. The smallest absolute Gasteiger partial charge is 0.130 e. The van der Waals surface area contributed by atoms with E-state index in [4.69, 9.17) is 9.72 Å². The van der Waals surface area contributed by atoms with E-state index in [1.54, 1.807) is 6.07 Å². The second kappa shape index (κ2) is 9.91. The Morgan fingerprint density at radius 1 is 1.00 bits per heavy atom. The molecule has 1 heterocycles. The largest absolute Gasteiger partial charge is 0.508 e. The minimum atomic E-state index is -0.660. The second-order valence-electron chi connectivity index (χ2n) is 9.23. The SMILES string of the molecule is CCCCC1(CCCC)CCc2c(OCc3ccc4ccccc4n3)ccc(O)c2C1O. The molecule has 170 valence electrons. The van der Waals surface area contributed by atoms with Crippen molar-refractivity contribution in [3.05, 3.63) is 65.4 Å². The molecule has 3 aromatic rings. The number of aliphatic hydroxyl groups is 1. The van der Waals surface area contributed by atoms with Crippen LogP contribution >= 0.6 is 0 Å². The van der Waals surface area contributed by atoms with Crippen molar-refractivity contribution in [3.8, 4) is 11.5 Å². The van der Waals surface area contributed by atoms with Crippen molar-refractivity contribution < 1.29 is 14.9 Å². The zero-order chi connectivity index (χ0) is 22.6. The maximum atomic E-state index is 11.5. The Kier molecular flexibility index (Phi) is 7.00. The highest BCUT2D eigenvalue weighted by atomic mass is 16.5. The van der Waals surface area contributed by atoms with Crippen LogP contribution < -0.4 is 4.74 Å². The van der Waals surface area contributed by atoms with Gasteiger partial charge in [0.25, 0.3) is 0 Å². The third-order valence-electron chi connectivity index (χ3n) is 7.11. The lowest BCUT2D eigenvalue weighted by Gasteiger charge is -2.43. The Hall–Kier alpha value is -2.59. The fourth-order valence-corrected chi connectivity index (χ4v) is 5.19. The van der Waals surface area contributed by atoms with Crippen LogP contribution in [-0.2, 0) is 13.0 Å². The van der Waals surface area contributed by atoms with Gasteiger partial charge in [0.1, 0.15) is 18.1 Å². The molecule has 4 rings (SSSR count). The standard InChI is InChI=1S/C28H35NO3/c1-3-5-16-28(17-6-4-2)18-15-22-25(14-13-24(30)26(22)27(28)31)32-19-21-12-11-20-9-7-8-10-23(20)29-21/h7-14,27,30-31H,3-6,15-19H2,1-2H3. The third kappa shape index (κ3) is 4.47. The molecule has 0 radical (unpaired) electrons. The van der Waals surface area contributed by atoms with Crippen molar-refractivity contribution in [2.45, 2.75) is 77.9 Å². The van der Waals surface area contributed by atoms with Gasteiger partial charge in [-0.2, -0.15) is 0 Å². The lowest BCUT2D eigenvalue weighted by atomic mass is 9.64. The Labute approximate surface area is 191 Å². The average molecular weight is 434 g/mol. The summed E-state index contributed by atoms with van der Waals surface area (Å²) in [5, 5.41) is 23.3. The maximum absolute atomic E-state index is 11.5. The van der Waals surface area contributed by atoms with Crippen LogP contribution in [0.15, 0.2) is 48.5 Å². The van der Waals surface area contributed by atoms with Crippen molar-refractivity contribution in [2.75, 3.05) is 0 Å². The van der Waals surface area contributed by atoms with Gasteiger partial charge in [-0.1, -0.05) is 63.8 Å². The predicted octanol–water partition coefficient (Wildman–Crippen LogP) is 6.87. The van der Waals surface area contributed by atoms with E-state index in [-0.39, 0.29) is 11.2 Å². The molecular formula is C28H35NO3. The molecule has 0 saturated carbocycles. The van der Waals surface area contributed by atoms with Gasteiger partial charge in [0.15, 0.2) is 0 Å². The van der Waals surface area contributed by atoms with E-state index in [1.165, 1.54) is 0 Å². The first-order valence-corrected chi connectivity index (χ1v) is 12.1. The molecule has 1 aliphatic rings. The Bertz CT molecular complexity index is 1050. The van der Waals surface area contributed by atoms with Crippen molar-refractivity contribution in [2.24, 2.45) is 5.41 Å². The summed E-state index contributed by atoms with van der Waals surface area (Å²) in [6.45, 7) is 4.75. The fraction of sp³-hybridized carbons (Fsp3) is 0.464. The number of fused-ring (bicyclic) bond motifs is 2. The van der Waals surface area contributed by atoms with E-state index in [1.807, 2.05) is 36.4 Å². The first-order chi connectivity index (χ1) is 15.6. The molecule has 2 aromatic carbocycles. The number of rotatable bonds is 9. The summed E-state index contributed by atoms with van der Waals surface area (Å²) in [6, 6.07) is 15.6. The molecule has 0 amide bonds. The lowest BCUT2D eigenvalue weighted by molar-refractivity contribution is -0.0119. The molecular weight excluding hydrogens is 398 g/mol. The van der Waals surface area contributed by atoms with Gasteiger partial charge in [-0.25, -0.2) is 4.98 Å². The molecule has 0 aliphatic heterocycles. The molecule has 1 atom stereocenters. The van der Waals surface area contributed by atoms with Gasteiger partial charge in [-0.15, -0.1) is 0 Å². The number of pyridine rings is 1. The van der Waals surface area contributed by atoms with Crippen molar-refractivity contribution >= 4 is 10.9 Å². The normalized spacial score (nSPS) is 17.3. The summed E-state index contributed by atoms with van der Waals surface area (Å²) in [5.41, 5.74) is 3.28. The van der Waals surface area contributed by atoms with E-state index >= 15 is 0 Å². The number of nitrogens with zero attached hydrogens (tertiary/aromatic N) is 1. The number of para-hydroxylation sites is 1. The van der Waals surface area contributed by atoms with Crippen LogP contribution in [0.25, 0.3) is 10.9 Å². The maximum Gasteiger partial charge on any atom is 0.130 e. The number of aromatic nitrogens is 1. The van der Waals surface area contributed by atoms with Crippen LogP contribution in [-0.4, -0.2) is 15.2 Å². The summed E-state index contributed by atoms with van der Waals surface area (Å²) in [5.74, 6) is 0.923. The number of aliphatic hydroxyl groups excluding tert-OH is 1. The van der Waals surface area contributed by atoms with Gasteiger partial charge in [-0.05, 0) is 49.9 Å². The molecule has 0 spiro atoms. The van der Waals surface area contributed by atoms with Crippen LogP contribution in [0.1, 0.15) is 81.7 Å². The van der Waals surface area contributed by atoms with Gasteiger partial charge < -0.3 is 14.9 Å². The number of hydrogen-bond acceptors (Lipinski definition) is 4. The summed E-state index contributed by atoms with van der Waals surface area (Å²) >= 11 is 0. The van der Waals surface area contributed by atoms with Gasteiger partial charge in [0.05, 0.1) is 17.3 Å². The Morgan fingerprint density at radius 3 is 2.50 bits per heavy atom. The van der Waals surface area contributed by atoms with Gasteiger partial charge in [-0.3, -0.25) is 0 Å². The first-order valence-electron chi connectivity index (χ1n) is 12.1. The van der Waals surface area contributed by atoms with Crippen LogP contribution in [0.3, 0.4) is 0 Å². The lowest BCUT2D eigenvalue weighted by Crippen LogP contribution is -2.34. The number of unbranched alkanes of at least 4 members (excludes halogenated alkanes) is 2. The second-order valence-corrected chi connectivity index (χ2v) is 9.23. The highest BCUT2D eigenvalue weighted by molar-refractivity contribution is 5.78. The molecule has 2 N–H and O–H groups in total. The quantitative estimate of drug-likeness (QED) is 0.387. The molecule has 0 saturated heterocycles. The molecule has 32 heavy (non-hydrogen) atoms. The van der Waals surface area contributed by atoms with E-state index < -0.39 is 6.10 Å². The summed E-state index contributed by atoms with van der Waals surface area (Å²) in [7, 11) is 0. The monoisotopic (exact) mass is 433 g/mol. The minimum absolute atomic E-state index is 0.158. The number of aromatic hydroxyl groups is 1. The highest BCUT2D eigenvalue weighted by Crippen LogP contribution is 2.54. The van der Waals surface area contributed by atoms with E-state index in [2.05, 4.69) is 19.9 Å². The summed E-state index contributed by atoms with van der Waals surface area (Å²) in [6.07, 6.45) is 7.49. The van der Waals surface area contributed by atoms with Crippen molar-refractivity contribution in [3.63, 3.8) is 0 Å². The zero-order valence-corrected chi connectivity index (χ0v) is 19.3. The summed E-state index contributed by atoms with van der Waals surface area (Å²) in [4.78, 5) is 4.70. The molecule has 0 fully saturated rings. The van der Waals surface area contributed by atoms with Crippen LogP contribution in [0.5, 0.6) is 11.5 Å². The fourth-order valence-electron chi connectivity index (χ4n) is 5.19. The Morgan fingerprint density at radius 2 is 1.75 bits per heavy atom. The topological polar surface area (TPSA) is 62.6 Å². The van der Waals surface area contributed by atoms with Crippen LogP contribution in [0.4, 0.5) is 0 Å². The number of phenolic OH excluding ortho intramolecular Hbond substituents is 1. The molecule has 0 bridgehead atoms. The average Bonchev–Trinajstić information content (AvgIpc) is 2.82. The Balaban J connectivity index is 1.59. The predicted molar refractivity (Wildman–Crippen MR) is 129 cm³/mol. The molecule has 4 heteroatoms. The van der Waals surface area contributed by atoms with E-state index in [9.17, 15) is 10.2 Å². The number of ether oxygens (including phenoxy) is 1. The molecule has 1 aromatic heterocycles. The van der Waals surface area contributed by atoms with Gasteiger partial charge in [0.2, 0.25) is 0 Å². The third-order valence-corrected chi connectivity index (χ3v) is 7.11. The van der Waals surface area contributed by atoms with E-state index in [0.29, 0.717) is 12.2 Å². The number of hydrogen-bond donors (Lipinski definition) is 2.